The van der Waals surface area contributed by atoms with Gasteiger partial charge in [0.2, 0.25) is 5.91 Å². The largest absolute Gasteiger partial charge is 0.372 e. The molecule has 0 aromatic heterocycles. The van der Waals surface area contributed by atoms with Gasteiger partial charge in [0.1, 0.15) is 6.61 Å². The summed E-state index contributed by atoms with van der Waals surface area (Å²) in [5.41, 5.74) is 1.28. The first-order chi connectivity index (χ1) is 9.24. The van der Waals surface area contributed by atoms with Gasteiger partial charge in [-0.15, -0.1) is 0 Å². The third-order valence-corrected chi connectivity index (χ3v) is 2.81. The van der Waals surface area contributed by atoms with Gasteiger partial charge in [-0.1, -0.05) is 30.3 Å². The van der Waals surface area contributed by atoms with Crippen molar-refractivity contribution in [2.75, 3.05) is 26.8 Å². The van der Waals surface area contributed by atoms with Gasteiger partial charge in [-0.2, -0.15) is 5.26 Å². The van der Waals surface area contributed by atoms with Crippen LogP contribution >= 0.6 is 0 Å². The standard InChI is InChI=1S/C15H20N2O2/c1-17(11-6-10-16)15(18)13-19-12-5-9-14-7-3-2-4-8-14/h2-4,7-8H,5-6,9,11-13H2,1H3. The molecule has 4 heteroatoms. The van der Waals surface area contributed by atoms with Crippen molar-refractivity contribution in [3.8, 4) is 6.07 Å². The molecule has 0 bridgehead atoms. The van der Waals surface area contributed by atoms with Gasteiger partial charge in [0.25, 0.3) is 0 Å². The predicted molar refractivity (Wildman–Crippen MR) is 73.4 cm³/mol. The first-order valence-corrected chi connectivity index (χ1v) is 6.46. The fourth-order valence-corrected chi connectivity index (χ4v) is 1.64. The van der Waals surface area contributed by atoms with Crippen LogP contribution in [0.4, 0.5) is 0 Å². The first kappa shape index (κ1) is 15.2. The second-order valence-corrected chi connectivity index (χ2v) is 4.37. The van der Waals surface area contributed by atoms with E-state index >= 15 is 0 Å². The van der Waals surface area contributed by atoms with Crippen molar-refractivity contribution in [2.24, 2.45) is 0 Å². The number of carbonyl (C=O) groups excluding carboxylic acids is 1. The molecule has 1 aromatic rings. The fraction of sp³-hybridized carbons (Fsp3) is 0.467. The maximum absolute atomic E-state index is 11.6. The highest BCUT2D eigenvalue weighted by Crippen LogP contribution is 2.02. The summed E-state index contributed by atoms with van der Waals surface area (Å²) in [5, 5.41) is 8.43. The number of benzene rings is 1. The van der Waals surface area contributed by atoms with Crippen LogP contribution in [0.1, 0.15) is 18.4 Å². The number of carbonyl (C=O) groups is 1. The van der Waals surface area contributed by atoms with E-state index in [1.165, 1.54) is 10.5 Å². The summed E-state index contributed by atoms with van der Waals surface area (Å²) < 4.78 is 5.34. The highest BCUT2D eigenvalue weighted by Gasteiger charge is 2.07. The Balaban J connectivity index is 2.07. The van der Waals surface area contributed by atoms with Crippen molar-refractivity contribution in [3.63, 3.8) is 0 Å². The molecule has 0 atom stereocenters. The Hall–Kier alpha value is -1.86. The summed E-state index contributed by atoms with van der Waals surface area (Å²) in [6, 6.07) is 12.2. The monoisotopic (exact) mass is 260 g/mol. The Kier molecular flexibility index (Phi) is 7.30. The normalized spacial score (nSPS) is 9.89. The topological polar surface area (TPSA) is 53.3 Å². The van der Waals surface area contributed by atoms with E-state index in [1.807, 2.05) is 24.3 Å². The van der Waals surface area contributed by atoms with Crippen LogP contribution in [-0.2, 0) is 16.0 Å². The van der Waals surface area contributed by atoms with Crippen molar-refractivity contribution in [1.29, 1.82) is 5.26 Å². The number of amides is 1. The Morgan fingerprint density at radius 2 is 2.11 bits per heavy atom. The van der Waals surface area contributed by atoms with E-state index in [0.717, 1.165) is 12.8 Å². The number of nitrogens with zero attached hydrogens (tertiary/aromatic N) is 2. The average molecular weight is 260 g/mol. The van der Waals surface area contributed by atoms with Crippen molar-refractivity contribution in [3.05, 3.63) is 35.9 Å². The molecule has 0 aliphatic rings. The average Bonchev–Trinajstić information content (AvgIpc) is 2.45. The first-order valence-electron chi connectivity index (χ1n) is 6.46. The SMILES string of the molecule is CN(CCC#N)C(=O)COCCCc1ccccc1. The molecule has 0 fully saturated rings. The second-order valence-electron chi connectivity index (χ2n) is 4.37. The molecule has 102 valence electrons. The summed E-state index contributed by atoms with van der Waals surface area (Å²) in [7, 11) is 1.69. The number of ether oxygens (including phenoxy) is 1. The Morgan fingerprint density at radius 1 is 1.37 bits per heavy atom. The quantitative estimate of drug-likeness (QED) is 0.672. The molecule has 0 heterocycles. The number of nitriles is 1. The molecule has 0 unspecified atom stereocenters. The van der Waals surface area contributed by atoms with Crippen LogP contribution in [0.3, 0.4) is 0 Å². The summed E-state index contributed by atoms with van der Waals surface area (Å²) in [4.78, 5) is 13.1. The van der Waals surface area contributed by atoms with Crippen LogP contribution in [0.5, 0.6) is 0 Å². The van der Waals surface area contributed by atoms with E-state index < -0.39 is 0 Å². The summed E-state index contributed by atoms with van der Waals surface area (Å²) in [6.07, 6.45) is 2.22. The highest BCUT2D eigenvalue weighted by atomic mass is 16.5. The minimum absolute atomic E-state index is 0.0741. The lowest BCUT2D eigenvalue weighted by atomic mass is 10.1. The van der Waals surface area contributed by atoms with E-state index in [0.29, 0.717) is 19.6 Å². The van der Waals surface area contributed by atoms with Gasteiger partial charge < -0.3 is 9.64 Å². The van der Waals surface area contributed by atoms with Crippen LogP contribution in [0.25, 0.3) is 0 Å². The molecule has 0 saturated carbocycles. The third kappa shape index (κ3) is 6.58. The van der Waals surface area contributed by atoms with Crippen LogP contribution in [-0.4, -0.2) is 37.6 Å². The number of hydrogen-bond donors (Lipinski definition) is 0. The van der Waals surface area contributed by atoms with E-state index in [1.54, 1.807) is 7.05 Å². The van der Waals surface area contributed by atoms with E-state index in [4.69, 9.17) is 10.00 Å². The van der Waals surface area contributed by atoms with Crippen LogP contribution < -0.4 is 0 Å². The molecule has 1 rings (SSSR count). The molecule has 0 aliphatic heterocycles. The lowest BCUT2D eigenvalue weighted by Crippen LogP contribution is -2.31. The Bertz CT molecular complexity index is 412. The van der Waals surface area contributed by atoms with Gasteiger partial charge in [-0.3, -0.25) is 4.79 Å². The van der Waals surface area contributed by atoms with Crippen LogP contribution in [0.15, 0.2) is 30.3 Å². The van der Waals surface area contributed by atoms with Gasteiger partial charge in [0.05, 0.1) is 12.5 Å². The highest BCUT2D eigenvalue weighted by molar-refractivity contribution is 5.77. The zero-order valence-corrected chi connectivity index (χ0v) is 11.3. The predicted octanol–water partition coefficient (Wildman–Crippen LogP) is 2.01. The molecule has 0 spiro atoms. The second kappa shape index (κ2) is 9.12. The van der Waals surface area contributed by atoms with Crippen molar-refractivity contribution in [1.82, 2.24) is 4.90 Å². The van der Waals surface area contributed by atoms with E-state index in [-0.39, 0.29) is 12.5 Å². The minimum Gasteiger partial charge on any atom is -0.372 e. The molecule has 19 heavy (non-hydrogen) atoms. The summed E-state index contributed by atoms with van der Waals surface area (Å²) in [6.45, 7) is 1.13. The summed E-state index contributed by atoms with van der Waals surface area (Å²) in [5.74, 6) is -0.0741. The van der Waals surface area contributed by atoms with E-state index in [9.17, 15) is 4.79 Å². The molecular weight excluding hydrogens is 240 g/mol. The van der Waals surface area contributed by atoms with Gasteiger partial charge in [-0.25, -0.2) is 0 Å². The molecule has 4 nitrogen and oxygen atoms in total. The number of rotatable bonds is 8. The molecule has 0 N–H and O–H groups in total. The van der Waals surface area contributed by atoms with Gasteiger partial charge in [0, 0.05) is 20.2 Å². The number of hydrogen-bond acceptors (Lipinski definition) is 3. The minimum atomic E-state index is -0.0741. The lowest BCUT2D eigenvalue weighted by molar-refractivity contribution is -0.134. The lowest BCUT2D eigenvalue weighted by Gasteiger charge is -2.15. The van der Waals surface area contributed by atoms with Gasteiger partial charge in [0.15, 0.2) is 0 Å². The van der Waals surface area contributed by atoms with E-state index in [2.05, 4.69) is 12.1 Å². The van der Waals surface area contributed by atoms with Crippen LogP contribution in [0.2, 0.25) is 0 Å². The maximum Gasteiger partial charge on any atom is 0.248 e. The molecule has 1 aromatic carbocycles. The third-order valence-electron chi connectivity index (χ3n) is 2.81. The molecule has 0 aliphatic carbocycles. The van der Waals surface area contributed by atoms with Gasteiger partial charge >= 0.3 is 0 Å². The zero-order valence-electron chi connectivity index (χ0n) is 11.3. The summed E-state index contributed by atoms with van der Waals surface area (Å²) >= 11 is 0. The number of aryl methyl sites for hydroxylation is 1. The van der Waals surface area contributed by atoms with Gasteiger partial charge in [-0.05, 0) is 18.4 Å². The van der Waals surface area contributed by atoms with Crippen LogP contribution in [0, 0.1) is 11.3 Å². The molecule has 1 amide bonds. The molecule has 0 radical (unpaired) electrons. The fourth-order valence-electron chi connectivity index (χ4n) is 1.64. The maximum atomic E-state index is 11.6. The zero-order chi connectivity index (χ0) is 13.9. The number of likely N-dealkylation sites (N-methyl/N-ethyl adjacent to an activating group) is 1. The van der Waals surface area contributed by atoms with Crippen molar-refractivity contribution < 1.29 is 9.53 Å². The smallest absolute Gasteiger partial charge is 0.248 e. The Morgan fingerprint density at radius 3 is 2.79 bits per heavy atom. The molecule has 0 saturated heterocycles. The Labute approximate surface area is 114 Å². The van der Waals surface area contributed by atoms with Crippen molar-refractivity contribution >= 4 is 5.91 Å². The van der Waals surface area contributed by atoms with Crippen molar-refractivity contribution in [2.45, 2.75) is 19.3 Å². The molecular formula is C15H20N2O2.